The van der Waals surface area contributed by atoms with Crippen LogP contribution in [0.4, 0.5) is 14.5 Å². The minimum absolute atomic E-state index is 0.0196. The maximum atomic E-state index is 13.6. The Balaban J connectivity index is 1.70. The van der Waals surface area contributed by atoms with Gasteiger partial charge in [0.05, 0.1) is 28.4 Å². The van der Waals surface area contributed by atoms with Gasteiger partial charge in [0.15, 0.2) is 28.7 Å². The molecule has 0 spiro atoms. The molecule has 32 heavy (non-hydrogen) atoms. The maximum Gasteiger partial charge on any atom is 0.228 e. The molecule has 0 aliphatic rings. The fraction of sp³-hybridized carbons (Fsp3) is 0.0909. The van der Waals surface area contributed by atoms with Crippen molar-refractivity contribution in [3.8, 4) is 23.0 Å². The van der Waals surface area contributed by atoms with E-state index in [0.717, 1.165) is 12.1 Å². The highest BCUT2D eigenvalue weighted by Crippen LogP contribution is 2.40. The van der Waals surface area contributed by atoms with Crippen molar-refractivity contribution >= 4 is 66.5 Å². The average molecular weight is 587 g/mol. The molecular weight excluding hydrogens is 574 g/mol. The summed E-state index contributed by atoms with van der Waals surface area (Å²) in [5.41, 5.74) is 1.96. The molecule has 0 unspecified atom stereocenters. The topological polar surface area (TPSA) is 67.9 Å². The Morgan fingerprint density at radius 3 is 2.69 bits per heavy atom. The van der Waals surface area contributed by atoms with Gasteiger partial charge < -0.3 is 14.3 Å². The summed E-state index contributed by atoms with van der Waals surface area (Å²) in [4.78, 5) is 8.72. The number of fused-ring (bicyclic) bond motifs is 1. The molecule has 1 N–H and O–H groups in total. The summed E-state index contributed by atoms with van der Waals surface area (Å²) in [7, 11) is 0. The number of oxazole rings is 1. The van der Waals surface area contributed by atoms with Crippen molar-refractivity contribution in [3.63, 3.8) is 0 Å². The van der Waals surface area contributed by atoms with Crippen LogP contribution in [0.25, 0.3) is 22.6 Å². The van der Waals surface area contributed by atoms with E-state index in [0.29, 0.717) is 43.7 Å². The van der Waals surface area contributed by atoms with Crippen molar-refractivity contribution in [3.05, 3.63) is 67.6 Å². The quantitative estimate of drug-likeness (QED) is 0.191. The highest BCUT2D eigenvalue weighted by molar-refractivity contribution is 9.13. The number of nitrogens with zero attached hydrogens (tertiary/aromatic N) is 2. The van der Waals surface area contributed by atoms with Crippen molar-refractivity contribution in [1.29, 1.82) is 0 Å². The third-order valence-corrected chi connectivity index (χ3v) is 6.77. The van der Waals surface area contributed by atoms with Crippen molar-refractivity contribution in [2.75, 3.05) is 6.61 Å². The summed E-state index contributed by atoms with van der Waals surface area (Å²) < 4.78 is 39.4. The SMILES string of the molecule is CCOc1cc(Br)c(Br)c(C=Nc2ccc3oc(-c4cc(F)c(F)cc4Cl)nc3c2)c1O. The van der Waals surface area contributed by atoms with Crippen LogP contribution in [0.15, 0.2) is 54.8 Å². The third-order valence-electron chi connectivity index (χ3n) is 4.45. The number of phenols is 1. The summed E-state index contributed by atoms with van der Waals surface area (Å²) in [6.07, 6.45) is 1.49. The van der Waals surface area contributed by atoms with Crippen LogP contribution < -0.4 is 4.74 Å². The summed E-state index contributed by atoms with van der Waals surface area (Å²) in [5, 5.41) is 10.5. The second-order valence-electron chi connectivity index (χ2n) is 6.54. The molecule has 1 heterocycles. The highest BCUT2D eigenvalue weighted by atomic mass is 79.9. The first-order valence-corrected chi connectivity index (χ1v) is 11.2. The molecule has 1 aromatic heterocycles. The van der Waals surface area contributed by atoms with E-state index >= 15 is 0 Å². The molecule has 0 saturated heterocycles. The van der Waals surface area contributed by atoms with Gasteiger partial charge in [-0.25, -0.2) is 13.8 Å². The molecular formula is C22H13Br2ClF2N2O3. The number of halogens is 5. The number of aliphatic imine (C=N–C) groups is 1. The van der Waals surface area contributed by atoms with Gasteiger partial charge in [-0.2, -0.15) is 0 Å². The standard InChI is InChI=1S/C22H13Br2ClF2N2O3/c1-2-31-19-7-13(23)20(24)12(21(19)30)9-28-10-3-4-18-17(5-10)29-22(32-18)11-6-15(26)16(27)8-14(11)25/h3-9,30H,2H2,1H3. The van der Waals surface area contributed by atoms with Crippen LogP contribution in [0.2, 0.25) is 5.02 Å². The Labute approximate surface area is 203 Å². The third kappa shape index (κ3) is 4.37. The van der Waals surface area contributed by atoms with Crippen molar-refractivity contribution < 1.29 is 23.0 Å². The predicted octanol–water partition coefficient (Wildman–Crippen LogP) is 7.81. The Morgan fingerprint density at radius 1 is 1.19 bits per heavy atom. The van der Waals surface area contributed by atoms with E-state index in [1.807, 2.05) is 6.92 Å². The van der Waals surface area contributed by atoms with E-state index in [2.05, 4.69) is 41.8 Å². The minimum atomic E-state index is -1.05. The second-order valence-corrected chi connectivity index (χ2v) is 8.60. The van der Waals surface area contributed by atoms with E-state index in [4.69, 9.17) is 20.8 Å². The normalized spacial score (nSPS) is 11.6. The Morgan fingerprint density at radius 2 is 1.94 bits per heavy atom. The zero-order chi connectivity index (χ0) is 23.0. The summed E-state index contributed by atoms with van der Waals surface area (Å²) in [6, 6.07) is 8.45. The fourth-order valence-electron chi connectivity index (χ4n) is 2.93. The lowest BCUT2D eigenvalue weighted by Crippen LogP contribution is -1.95. The molecule has 0 amide bonds. The van der Waals surface area contributed by atoms with Gasteiger partial charge in [-0.1, -0.05) is 11.6 Å². The van der Waals surface area contributed by atoms with Crippen LogP contribution in [-0.2, 0) is 0 Å². The van der Waals surface area contributed by atoms with E-state index in [1.54, 1.807) is 24.3 Å². The molecule has 164 valence electrons. The van der Waals surface area contributed by atoms with Gasteiger partial charge in [-0.3, -0.25) is 4.99 Å². The van der Waals surface area contributed by atoms with E-state index in [9.17, 15) is 13.9 Å². The van der Waals surface area contributed by atoms with Crippen molar-refractivity contribution in [2.45, 2.75) is 6.92 Å². The first-order chi connectivity index (χ1) is 15.3. The largest absolute Gasteiger partial charge is 0.504 e. The Hall–Kier alpha value is -2.49. The zero-order valence-electron chi connectivity index (χ0n) is 16.3. The van der Waals surface area contributed by atoms with Crippen LogP contribution in [0.5, 0.6) is 11.5 Å². The van der Waals surface area contributed by atoms with Gasteiger partial charge in [0.2, 0.25) is 5.89 Å². The predicted molar refractivity (Wildman–Crippen MR) is 126 cm³/mol. The number of rotatable bonds is 5. The monoisotopic (exact) mass is 584 g/mol. The lowest BCUT2D eigenvalue weighted by molar-refractivity contribution is 0.317. The number of benzene rings is 3. The van der Waals surface area contributed by atoms with Gasteiger partial charge in [-0.15, -0.1) is 0 Å². The zero-order valence-corrected chi connectivity index (χ0v) is 20.2. The van der Waals surface area contributed by atoms with E-state index in [1.165, 1.54) is 6.21 Å². The van der Waals surface area contributed by atoms with Crippen LogP contribution in [-0.4, -0.2) is 22.9 Å². The van der Waals surface area contributed by atoms with Crippen LogP contribution >= 0.6 is 43.5 Å². The van der Waals surface area contributed by atoms with Crippen LogP contribution in [0.1, 0.15) is 12.5 Å². The number of aromatic nitrogens is 1. The van der Waals surface area contributed by atoms with Crippen LogP contribution in [0, 0.1) is 11.6 Å². The Kier molecular flexibility index (Phi) is 6.50. The van der Waals surface area contributed by atoms with E-state index < -0.39 is 11.6 Å². The van der Waals surface area contributed by atoms with Gasteiger partial charge in [-0.05, 0) is 75.2 Å². The molecule has 10 heteroatoms. The molecule has 0 fully saturated rings. The Bertz CT molecular complexity index is 1380. The minimum Gasteiger partial charge on any atom is -0.504 e. The number of hydrogen-bond acceptors (Lipinski definition) is 5. The van der Waals surface area contributed by atoms with Gasteiger partial charge in [0.25, 0.3) is 0 Å². The molecule has 0 aliphatic carbocycles. The first-order valence-electron chi connectivity index (χ1n) is 9.21. The summed E-state index contributed by atoms with van der Waals surface area (Å²) in [5.74, 6) is -1.78. The first kappa shape index (κ1) is 22.7. The molecule has 0 radical (unpaired) electrons. The van der Waals surface area contributed by atoms with Crippen molar-refractivity contribution in [2.24, 2.45) is 4.99 Å². The molecule has 0 atom stereocenters. The number of hydrogen-bond donors (Lipinski definition) is 1. The number of aromatic hydroxyl groups is 1. The van der Waals surface area contributed by atoms with Gasteiger partial charge in [0, 0.05) is 15.2 Å². The number of ether oxygens (including phenoxy) is 1. The highest BCUT2D eigenvalue weighted by Gasteiger charge is 2.17. The van der Waals surface area contributed by atoms with Crippen molar-refractivity contribution in [1.82, 2.24) is 4.98 Å². The molecule has 0 aliphatic heterocycles. The molecule has 4 rings (SSSR count). The van der Waals surface area contributed by atoms with Gasteiger partial charge >= 0.3 is 0 Å². The number of phenolic OH excluding ortho intramolecular Hbond substituents is 1. The summed E-state index contributed by atoms with van der Waals surface area (Å²) in [6.45, 7) is 2.21. The lowest BCUT2D eigenvalue weighted by atomic mass is 10.2. The molecule has 0 saturated carbocycles. The summed E-state index contributed by atoms with van der Waals surface area (Å²) >= 11 is 12.9. The molecule has 3 aromatic carbocycles. The second kappa shape index (κ2) is 9.17. The van der Waals surface area contributed by atoms with E-state index in [-0.39, 0.29) is 22.2 Å². The fourth-order valence-corrected chi connectivity index (χ4v) is 3.99. The van der Waals surface area contributed by atoms with Crippen LogP contribution in [0.3, 0.4) is 0 Å². The molecule has 0 bridgehead atoms. The average Bonchev–Trinajstić information content (AvgIpc) is 3.17. The smallest absolute Gasteiger partial charge is 0.228 e. The van der Waals surface area contributed by atoms with Gasteiger partial charge in [0.1, 0.15) is 5.52 Å². The molecule has 4 aromatic rings. The lowest BCUT2D eigenvalue weighted by Gasteiger charge is -2.11. The maximum absolute atomic E-state index is 13.6. The molecule has 5 nitrogen and oxygen atoms in total.